The Hall–Kier alpha value is -3.24. The van der Waals surface area contributed by atoms with Gasteiger partial charge in [-0.1, -0.05) is 13.8 Å². The maximum absolute atomic E-state index is 12.6. The molecule has 1 aliphatic rings. The lowest BCUT2D eigenvalue weighted by Crippen LogP contribution is -2.37. The SMILES string of the molecule is CC.NC1=NC(C(F)F)C[C@@H](CF)O1.O=C(Nc1ccc(F)cc1)c1ccc(F)cn1. The molecule has 1 aromatic carbocycles. The van der Waals surface area contributed by atoms with E-state index in [0.717, 1.165) is 12.3 Å². The normalized spacial score (nSPS) is 17.2. The van der Waals surface area contributed by atoms with Gasteiger partial charge in [0.25, 0.3) is 18.4 Å². The van der Waals surface area contributed by atoms with E-state index in [1.807, 2.05) is 13.8 Å². The Labute approximate surface area is 176 Å². The van der Waals surface area contributed by atoms with Crippen LogP contribution in [0, 0.1) is 11.6 Å². The summed E-state index contributed by atoms with van der Waals surface area (Å²) in [5.41, 5.74) is 5.60. The monoisotopic (exact) mass is 446 g/mol. The van der Waals surface area contributed by atoms with Crippen LogP contribution in [0.1, 0.15) is 30.8 Å². The third-order valence-electron chi connectivity index (χ3n) is 3.61. The molecule has 0 aliphatic carbocycles. The van der Waals surface area contributed by atoms with Crippen LogP contribution in [-0.4, -0.2) is 42.2 Å². The van der Waals surface area contributed by atoms with Gasteiger partial charge in [0, 0.05) is 12.1 Å². The fraction of sp³-hybridized carbons (Fsp3) is 0.350. The molecule has 3 rings (SSSR count). The largest absolute Gasteiger partial charge is 0.459 e. The summed E-state index contributed by atoms with van der Waals surface area (Å²) in [6, 6.07) is 6.16. The minimum Gasteiger partial charge on any atom is -0.459 e. The molecule has 2 aromatic rings. The molecular formula is C20H23F5N4O2. The first-order valence-electron chi connectivity index (χ1n) is 9.31. The van der Waals surface area contributed by atoms with Crippen molar-refractivity contribution in [1.82, 2.24) is 4.98 Å². The molecule has 2 heterocycles. The fourth-order valence-corrected chi connectivity index (χ4v) is 2.23. The van der Waals surface area contributed by atoms with E-state index in [4.69, 9.17) is 5.73 Å². The number of pyridine rings is 1. The van der Waals surface area contributed by atoms with Gasteiger partial charge in [-0.25, -0.2) is 31.9 Å². The number of hydrogen-bond donors (Lipinski definition) is 2. The minimum absolute atomic E-state index is 0.0933. The lowest BCUT2D eigenvalue weighted by Gasteiger charge is -2.24. The van der Waals surface area contributed by atoms with Crippen LogP contribution in [0.25, 0.3) is 0 Å². The van der Waals surface area contributed by atoms with E-state index in [2.05, 4.69) is 20.0 Å². The standard InChI is InChI=1S/C12H8F2N2O.C6H9F3N2O.C2H6/c13-8-1-4-10(5-2-8)16-12(17)11-6-3-9(14)7-15-11;7-2-3-1-4(5(8)9)11-6(10)12-3;1-2/h1-7H,(H,16,17);3-5H,1-2H2,(H2,10,11);1-2H3/t;3-,4?;/m.0./s1. The number of carbonyl (C=O) groups is 1. The van der Waals surface area contributed by atoms with Gasteiger partial charge in [0.05, 0.1) is 6.20 Å². The summed E-state index contributed by atoms with van der Waals surface area (Å²) in [5.74, 6) is -1.37. The Morgan fingerprint density at radius 1 is 1.16 bits per heavy atom. The number of amides is 1. The summed E-state index contributed by atoms with van der Waals surface area (Å²) in [5, 5.41) is 2.51. The Bertz CT molecular complexity index is 832. The average molecular weight is 446 g/mol. The van der Waals surface area contributed by atoms with Gasteiger partial charge in [-0.2, -0.15) is 0 Å². The van der Waals surface area contributed by atoms with Crippen LogP contribution in [0.2, 0.25) is 0 Å². The van der Waals surface area contributed by atoms with Crippen molar-refractivity contribution in [1.29, 1.82) is 0 Å². The number of nitrogens with one attached hydrogen (secondary N) is 1. The van der Waals surface area contributed by atoms with Crippen molar-refractivity contribution in [3.63, 3.8) is 0 Å². The van der Waals surface area contributed by atoms with E-state index >= 15 is 0 Å². The zero-order valence-corrected chi connectivity index (χ0v) is 16.9. The third kappa shape index (κ3) is 8.97. The molecule has 0 spiro atoms. The van der Waals surface area contributed by atoms with Crippen LogP contribution in [0.5, 0.6) is 0 Å². The number of carbonyl (C=O) groups excluding carboxylic acids is 1. The van der Waals surface area contributed by atoms with Gasteiger partial charge in [-0.05, 0) is 36.4 Å². The van der Waals surface area contributed by atoms with Crippen LogP contribution < -0.4 is 11.1 Å². The summed E-state index contributed by atoms with van der Waals surface area (Å²) < 4.78 is 66.0. The van der Waals surface area contributed by atoms with E-state index in [1.165, 1.54) is 30.3 Å². The van der Waals surface area contributed by atoms with Crippen molar-refractivity contribution >= 4 is 17.6 Å². The molecule has 1 unspecified atom stereocenters. The van der Waals surface area contributed by atoms with Crippen molar-refractivity contribution in [2.45, 2.75) is 38.8 Å². The average Bonchev–Trinajstić information content (AvgIpc) is 2.77. The quantitative estimate of drug-likeness (QED) is 0.684. The van der Waals surface area contributed by atoms with Crippen LogP contribution in [0.3, 0.4) is 0 Å². The van der Waals surface area contributed by atoms with Crippen molar-refractivity contribution < 1.29 is 31.5 Å². The number of ether oxygens (including phenoxy) is 1. The highest BCUT2D eigenvalue weighted by Crippen LogP contribution is 2.18. The van der Waals surface area contributed by atoms with Gasteiger partial charge in [0.15, 0.2) is 0 Å². The highest BCUT2D eigenvalue weighted by atomic mass is 19.3. The maximum Gasteiger partial charge on any atom is 0.282 e. The molecule has 0 bridgehead atoms. The Morgan fingerprint density at radius 2 is 1.77 bits per heavy atom. The fourth-order valence-electron chi connectivity index (χ4n) is 2.23. The molecule has 0 saturated heterocycles. The molecule has 0 saturated carbocycles. The predicted molar refractivity (Wildman–Crippen MR) is 107 cm³/mol. The predicted octanol–water partition coefficient (Wildman–Crippen LogP) is 4.33. The molecule has 0 fully saturated rings. The maximum atomic E-state index is 12.6. The molecule has 170 valence electrons. The number of rotatable bonds is 4. The van der Waals surface area contributed by atoms with Crippen molar-refractivity contribution in [3.8, 4) is 0 Å². The van der Waals surface area contributed by atoms with Gasteiger partial charge in [0.1, 0.15) is 36.1 Å². The van der Waals surface area contributed by atoms with Crippen molar-refractivity contribution in [3.05, 3.63) is 59.9 Å². The molecule has 1 aliphatic heterocycles. The van der Waals surface area contributed by atoms with Gasteiger partial charge in [-0.15, -0.1) is 0 Å². The number of nitrogens with zero attached hydrogens (tertiary/aromatic N) is 2. The highest BCUT2D eigenvalue weighted by Gasteiger charge is 2.29. The van der Waals surface area contributed by atoms with Gasteiger partial charge < -0.3 is 15.8 Å². The van der Waals surface area contributed by atoms with E-state index in [-0.39, 0.29) is 24.0 Å². The van der Waals surface area contributed by atoms with E-state index in [1.54, 1.807) is 0 Å². The number of nitrogens with two attached hydrogens (primary N) is 1. The number of anilines is 1. The highest BCUT2D eigenvalue weighted by molar-refractivity contribution is 6.02. The van der Waals surface area contributed by atoms with Crippen molar-refractivity contribution in [2.75, 3.05) is 12.0 Å². The summed E-state index contributed by atoms with van der Waals surface area (Å²) >= 11 is 0. The Morgan fingerprint density at radius 3 is 2.29 bits per heavy atom. The van der Waals surface area contributed by atoms with E-state index < -0.39 is 37.0 Å². The molecule has 2 atom stereocenters. The zero-order valence-electron chi connectivity index (χ0n) is 16.9. The molecule has 11 heteroatoms. The Balaban J connectivity index is 0.000000303. The number of alkyl halides is 3. The number of amidine groups is 1. The first-order chi connectivity index (χ1) is 14.8. The zero-order chi connectivity index (χ0) is 23.4. The summed E-state index contributed by atoms with van der Waals surface area (Å²) in [4.78, 5) is 18.6. The first-order valence-corrected chi connectivity index (χ1v) is 9.31. The smallest absolute Gasteiger partial charge is 0.282 e. The summed E-state index contributed by atoms with van der Waals surface area (Å²) in [6.45, 7) is 3.18. The minimum atomic E-state index is -2.61. The summed E-state index contributed by atoms with van der Waals surface area (Å²) in [6.07, 6.45) is -2.64. The molecule has 1 aromatic heterocycles. The second-order valence-corrected chi connectivity index (χ2v) is 5.82. The van der Waals surface area contributed by atoms with Crippen LogP contribution in [0.15, 0.2) is 47.6 Å². The topological polar surface area (TPSA) is 89.6 Å². The molecule has 1 amide bonds. The van der Waals surface area contributed by atoms with Crippen LogP contribution >= 0.6 is 0 Å². The lowest BCUT2D eigenvalue weighted by atomic mass is 10.1. The van der Waals surface area contributed by atoms with E-state index in [9.17, 15) is 26.7 Å². The van der Waals surface area contributed by atoms with Crippen LogP contribution in [-0.2, 0) is 4.74 Å². The molecule has 6 nitrogen and oxygen atoms in total. The first kappa shape index (κ1) is 25.8. The second-order valence-electron chi connectivity index (χ2n) is 5.82. The lowest BCUT2D eigenvalue weighted by molar-refractivity contribution is 0.0536. The third-order valence-corrected chi connectivity index (χ3v) is 3.61. The van der Waals surface area contributed by atoms with E-state index in [0.29, 0.717) is 5.69 Å². The molecule has 31 heavy (non-hydrogen) atoms. The van der Waals surface area contributed by atoms with Gasteiger partial charge in [-0.3, -0.25) is 4.79 Å². The summed E-state index contributed by atoms with van der Waals surface area (Å²) in [7, 11) is 0. The van der Waals surface area contributed by atoms with Crippen molar-refractivity contribution in [2.24, 2.45) is 10.7 Å². The number of aromatic nitrogens is 1. The molecule has 3 N–H and O–H groups in total. The van der Waals surface area contributed by atoms with Gasteiger partial charge >= 0.3 is 0 Å². The Kier molecular flexibility index (Phi) is 10.9. The van der Waals surface area contributed by atoms with Crippen LogP contribution in [0.4, 0.5) is 27.6 Å². The number of hydrogen-bond acceptors (Lipinski definition) is 5. The second kappa shape index (κ2) is 13.1. The number of aliphatic imine (C=N–C) groups is 1. The molecule has 0 radical (unpaired) electrons. The van der Waals surface area contributed by atoms with Gasteiger partial charge in [0.2, 0.25) is 0 Å². The molecular weight excluding hydrogens is 423 g/mol. The number of halogens is 5. The number of benzene rings is 1.